The van der Waals surface area contributed by atoms with Crippen LogP contribution in [0.5, 0.6) is 0 Å². The second-order valence-corrected chi connectivity index (χ2v) is 18.1. The highest BCUT2D eigenvalue weighted by Crippen LogP contribution is 1.97. The van der Waals surface area contributed by atoms with Crippen LogP contribution in [0.3, 0.4) is 0 Å². The quantitative estimate of drug-likeness (QED) is 0.195. The first-order chi connectivity index (χ1) is 17.4. The van der Waals surface area contributed by atoms with E-state index in [0.29, 0.717) is 0 Å². The zero-order valence-electron chi connectivity index (χ0n) is 34.3. The van der Waals surface area contributed by atoms with Gasteiger partial charge in [0.05, 0.1) is 113 Å². The molecule has 0 aliphatic carbocycles. The van der Waals surface area contributed by atoms with Gasteiger partial charge in [-0.2, -0.15) is 0 Å². The molecule has 0 radical (unpaired) electrons. The smallest absolute Gasteiger partial charge is 0.206 e. The summed E-state index contributed by atoms with van der Waals surface area (Å²) in [6.45, 7) is 4.39. The lowest BCUT2D eigenvalue weighted by atomic mass is 10.6. The molecule has 0 N–H and O–H groups in total. The summed E-state index contributed by atoms with van der Waals surface area (Å²) in [6.07, 6.45) is 0. The molecule has 0 aromatic heterocycles. The van der Waals surface area contributed by atoms with Gasteiger partial charge in [-0.05, 0) is 77.5 Å². The molecule has 0 unspecified atom stereocenters. The topological polar surface area (TPSA) is 16.2 Å². The molecule has 0 saturated heterocycles. The van der Waals surface area contributed by atoms with Crippen LogP contribution in [0.15, 0.2) is 0 Å². The van der Waals surface area contributed by atoms with Gasteiger partial charge in [0.25, 0.3) is 0 Å². The van der Waals surface area contributed by atoms with Crippen LogP contribution in [-0.2, 0) is 0 Å². The average molecular weight is 747 g/mol. The average Bonchev–Trinajstić information content (AvgIpc) is 2.43. The van der Waals surface area contributed by atoms with Gasteiger partial charge in [-0.1, -0.05) is 66.8 Å². The summed E-state index contributed by atoms with van der Waals surface area (Å²) >= 11 is 0. The zero-order chi connectivity index (χ0) is 35.2. The molecule has 0 aliphatic heterocycles. The lowest BCUT2D eigenvalue weighted by molar-refractivity contribution is -1.05. The molecule has 0 aromatic carbocycles. The van der Waals surface area contributed by atoms with Crippen molar-refractivity contribution in [3.8, 4) is 0 Å². The van der Waals surface area contributed by atoms with Crippen LogP contribution >= 0.6 is 0 Å². The molecule has 0 rings (SSSR count). The number of hydrogen-bond donors (Lipinski definition) is 0. The second kappa shape index (κ2) is 46.6. The van der Waals surface area contributed by atoms with Crippen LogP contribution in [-0.4, -0.2) is 264 Å². The van der Waals surface area contributed by atoms with Gasteiger partial charge in [0.15, 0.2) is 0 Å². The minimum absolute atomic E-state index is 0. The van der Waals surface area contributed by atoms with Crippen molar-refractivity contribution in [1.29, 1.82) is 0 Å². The van der Waals surface area contributed by atoms with Gasteiger partial charge < -0.3 is 18.3 Å². The molecule has 0 aromatic rings. The maximum atomic E-state index is 2.21. The highest BCUT2D eigenvalue weighted by molar-refractivity contribution is 4.35. The molecule has 0 amide bonds. The fourth-order valence-electron chi connectivity index (χ4n) is 3.54. The predicted octanol–water partition coefficient (Wildman–Crippen LogP) is 7.07. The molecule has 50 heavy (non-hydrogen) atoms. The lowest BCUT2D eigenvalue weighted by Gasteiger charge is -2.32. The van der Waals surface area contributed by atoms with Crippen LogP contribution in [0.2, 0.25) is 0 Å². The van der Waals surface area contributed by atoms with Gasteiger partial charge >= 0.3 is 0 Å². The summed E-state index contributed by atoms with van der Waals surface area (Å²) in [5.41, 5.74) is 0. The molecule has 0 saturated carbocycles. The number of hydrogen-bond acceptors (Lipinski definition) is 5. The molecular weight excluding hydrogens is 621 g/mol. The predicted molar refractivity (Wildman–Crippen MR) is 250 cm³/mol. The molecule has 330 valence electrons. The third-order valence-electron chi connectivity index (χ3n) is 2.83. The number of rotatable bonds is 8. The van der Waals surface area contributed by atoms with Crippen molar-refractivity contribution in [2.24, 2.45) is 0 Å². The van der Waals surface area contributed by atoms with E-state index in [0.717, 1.165) is 42.4 Å². The summed E-state index contributed by atoms with van der Waals surface area (Å²) in [6, 6.07) is 0. The molecule has 0 heterocycles. The normalized spacial score (nSPS) is 10.1. The van der Waals surface area contributed by atoms with Crippen molar-refractivity contribution in [2.75, 3.05) is 217 Å². The minimum Gasteiger partial charge on any atom is -0.333 e. The molecule has 0 fully saturated rings. The molecular formula is C40H125N10+5. The van der Waals surface area contributed by atoms with E-state index in [-0.39, 0.29) is 66.8 Å². The van der Waals surface area contributed by atoms with E-state index < -0.39 is 0 Å². The summed E-state index contributed by atoms with van der Waals surface area (Å²) in [7, 11) is 57.4. The first kappa shape index (κ1) is 97.9. The third-order valence-corrected chi connectivity index (χ3v) is 2.83. The molecule has 10 nitrogen and oxygen atoms in total. The summed E-state index contributed by atoms with van der Waals surface area (Å²) < 4.78 is 5.08. The van der Waals surface area contributed by atoms with E-state index in [1.807, 2.05) is 26.0 Å². The van der Waals surface area contributed by atoms with Crippen LogP contribution < -0.4 is 0 Å². The van der Waals surface area contributed by atoms with E-state index in [1.165, 1.54) is 6.67 Å². The van der Waals surface area contributed by atoms with Gasteiger partial charge in [-0.25, -0.2) is 0 Å². The Morgan fingerprint density at radius 1 is 0.280 bits per heavy atom. The Morgan fingerprint density at radius 3 is 0.420 bits per heavy atom. The fraction of sp³-hybridized carbons (Fsp3) is 1.00. The molecule has 0 aliphatic rings. The van der Waals surface area contributed by atoms with Crippen molar-refractivity contribution < 1.29 is 22.4 Å². The SMILES string of the molecule is C.C.C.C.C.C.C.C.C.CN(C)C.CN(C)CN(C)C.CN(C)C[N+](C)(C)C.CN(C)C[N+](C)(C)C.C[N+](C)(C)C.C[N+](C)(C)C[N+](C)(C)C. The second-order valence-electron chi connectivity index (χ2n) is 18.1. The van der Waals surface area contributed by atoms with Crippen molar-refractivity contribution in [3.05, 3.63) is 0 Å². The van der Waals surface area contributed by atoms with Crippen LogP contribution in [0.4, 0.5) is 0 Å². The van der Waals surface area contributed by atoms with Crippen LogP contribution in [0.1, 0.15) is 66.8 Å². The maximum Gasteiger partial charge on any atom is 0.206 e. The molecule has 0 atom stereocenters. The van der Waals surface area contributed by atoms with Crippen LogP contribution in [0.25, 0.3) is 0 Å². The Kier molecular flexibility index (Phi) is 91.2. The summed E-state index contributed by atoms with van der Waals surface area (Å²) in [5.74, 6) is 0. The fourth-order valence-corrected chi connectivity index (χ4v) is 3.54. The van der Waals surface area contributed by atoms with E-state index >= 15 is 0 Å². The summed E-state index contributed by atoms with van der Waals surface area (Å²) in [4.78, 5) is 10.6. The Balaban J connectivity index is -0.0000000221. The zero-order valence-corrected chi connectivity index (χ0v) is 34.3. The third kappa shape index (κ3) is 269. The van der Waals surface area contributed by atoms with Gasteiger partial charge in [-0.15, -0.1) is 0 Å². The number of nitrogens with zero attached hydrogens (tertiary/aromatic N) is 10. The lowest BCUT2D eigenvalue weighted by Crippen LogP contribution is -2.51. The van der Waals surface area contributed by atoms with Gasteiger partial charge in [0, 0.05) is 6.67 Å². The molecule has 10 heteroatoms. The molecule has 0 spiro atoms. The van der Waals surface area contributed by atoms with E-state index in [1.54, 1.807) is 0 Å². The Bertz CT molecular complexity index is 482. The van der Waals surface area contributed by atoms with Crippen molar-refractivity contribution >= 4 is 0 Å². The van der Waals surface area contributed by atoms with E-state index in [2.05, 4.69) is 189 Å². The minimum atomic E-state index is 0. The number of quaternary nitrogens is 5. The Morgan fingerprint density at radius 2 is 0.420 bits per heavy atom. The van der Waals surface area contributed by atoms with Gasteiger partial charge in [0.2, 0.25) is 6.67 Å². The van der Waals surface area contributed by atoms with Crippen molar-refractivity contribution in [1.82, 2.24) is 24.5 Å². The molecule has 0 bridgehead atoms. The first-order valence-corrected chi connectivity index (χ1v) is 14.6. The first-order valence-electron chi connectivity index (χ1n) is 14.6. The van der Waals surface area contributed by atoms with Crippen LogP contribution in [0, 0.1) is 0 Å². The van der Waals surface area contributed by atoms with Gasteiger partial charge in [-0.3, -0.25) is 28.6 Å². The Hall–Kier alpha value is -0.400. The van der Waals surface area contributed by atoms with E-state index in [9.17, 15) is 0 Å². The summed E-state index contributed by atoms with van der Waals surface area (Å²) in [5, 5.41) is 0. The maximum absolute atomic E-state index is 2.21. The van der Waals surface area contributed by atoms with Gasteiger partial charge in [0.1, 0.15) is 13.3 Å². The van der Waals surface area contributed by atoms with Crippen molar-refractivity contribution in [3.63, 3.8) is 0 Å². The van der Waals surface area contributed by atoms with E-state index in [4.69, 9.17) is 0 Å². The largest absolute Gasteiger partial charge is 0.333 e. The Labute approximate surface area is 330 Å². The highest BCUT2D eigenvalue weighted by Gasteiger charge is 2.17. The standard InChI is InChI=1S/C7H20N2.2C6H17N2.C5H14N2.C4H12N.C3H9N.9CH4/c1-8(2,3)7-9(4,5)6;2*1-7(2)6-8(3,4)5;1-6(2)5-7(3)4;1-5(2,3)4;1-4(2)3;;;;;;;;;/h7H2,1-6H3;2*6H2,1-5H3;5H2,1-4H3;1-4H3;1-3H3;9*1H4/q+2;2*+1;;+1;;;;;;;;;;. The monoisotopic (exact) mass is 746 g/mol. The van der Waals surface area contributed by atoms with Crippen molar-refractivity contribution in [2.45, 2.75) is 66.8 Å². The highest BCUT2D eigenvalue weighted by atomic mass is 15.5.